The van der Waals surface area contributed by atoms with E-state index in [9.17, 15) is 4.79 Å². The molecule has 1 aliphatic heterocycles. The Balaban J connectivity index is 2.08. The van der Waals surface area contributed by atoms with E-state index in [0.29, 0.717) is 0 Å². The van der Waals surface area contributed by atoms with Gasteiger partial charge in [0, 0.05) is 12.0 Å². The lowest BCUT2D eigenvalue weighted by Gasteiger charge is -2.27. The number of rotatable bonds is 3. The van der Waals surface area contributed by atoms with Crippen LogP contribution in [0.15, 0.2) is 0 Å². The summed E-state index contributed by atoms with van der Waals surface area (Å²) in [6.07, 6.45) is 1.11. The van der Waals surface area contributed by atoms with Crippen LogP contribution in [0, 0.1) is 11.3 Å². The van der Waals surface area contributed by atoms with Gasteiger partial charge in [-0.15, -0.1) is 0 Å². The Labute approximate surface area is 80.3 Å². The summed E-state index contributed by atoms with van der Waals surface area (Å²) in [5, 5.41) is 6.17. The largest absolute Gasteiger partial charge is 0.356 e. The highest BCUT2D eigenvalue weighted by Crippen LogP contribution is 2.13. The minimum Gasteiger partial charge on any atom is -0.356 e. The normalized spacial score (nSPS) is 18.1. The first kappa shape index (κ1) is 10.5. The monoisotopic (exact) mass is 184 g/mol. The maximum atomic E-state index is 11.4. The van der Waals surface area contributed by atoms with Crippen LogP contribution in [0.4, 0.5) is 0 Å². The van der Waals surface area contributed by atoms with Gasteiger partial charge in [0.15, 0.2) is 0 Å². The van der Waals surface area contributed by atoms with E-state index < -0.39 is 0 Å². The van der Waals surface area contributed by atoms with Crippen molar-refractivity contribution < 1.29 is 4.79 Å². The number of nitrogens with one attached hydrogen (secondary N) is 2. The number of carbonyl (C=O) groups is 1. The Morgan fingerprint density at radius 3 is 2.46 bits per heavy atom. The summed E-state index contributed by atoms with van der Waals surface area (Å²) in [5.41, 5.74) is -0.252. The van der Waals surface area contributed by atoms with Crippen LogP contribution >= 0.6 is 0 Å². The highest BCUT2D eigenvalue weighted by molar-refractivity contribution is 5.81. The third-order valence-electron chi connectivity index (χ3n) is 2.39. The molecule has 1 saturated heterocycles. The van der Waals surface area contributed by atoms with Crippen molar-refractivity contribution in [2.24, 2.45) is 11.3 Å². The minimum atomic E-state index is -0.252. The fourth-order valence-corrected chi connectivity index (χ4v) is 1.21. The lowest BCUT2D eigenvalue weighted by Crippen LogP contribution is -2.44. The van der Waals surface area contributed by atoms with Crippen LogP contribution in [0.1, 0.15) is 27.2 Å². The molecular formula is C10H20N2O. The SMILES string of the molecule is CC(C)(C)C(=O)NCCC1CNC1. The van der Waals surface area contributed by atoms with Gasteiger partial charge in [0.05, 0.1) is 0 Å². The molecule has 76 valence electrons. The first-order chi connectivity index (χ1) is 6.00. The molecule has 13 heavy (non-hydrogen) atoms. The van der Waals surface area contributed by atoms with Gasteiger partial charge in [-0.3, -0.25) is 4.79 Å². The van der Waals surface area contributed by atoms with Crippen molar-refractivity contribution in [1.82, 2.24) is 10.6 Å². The van der Waals surface area contributed by atoms with Crippen molar-refractivity contribution in [2.75, 3.05) is 19.6 Å². The molecular weight excluding hydrogens is 164 g/mol. The van der Waals surface area contributed by atoms with E-state index in [0.717, 1.165) is 32.0 Å². The fraction of sp³-hybridized carbons (Fsp3) is 0.900. The number of amides is 1. The van der Waals surface area contributed by atoms with Gasteiger partial charge < -0.3 is 10.6 Å². The average Bonchev–Trinajstić information content (AvgIpc) is 1.91. The summed E-state index contributed by atoms with van der Waals surface area (Å²) >= 11 is 0. The first-order valence-corrected chi connectivity index (χ1v) is 4.99. The van der Waals surface area contributed by atoms with Crippen LogP contribution in [0.5, 0.6) is 0 Å². The van der Waals surface area contributed by atoms with Crippen molar-refractivity contribution in [3.05, 3.63) is 0 Å². The standard InChI is InChI=1S/C10H20N2O/c1-10(2,3)9(13)12-5-4-8-6-11-7-8/h8,11H,4-7H2,1-3H3,(H,12,13). The molecule has 3 heteroatoms. The molecule has 1 fully saturated rings. The summed E-state index contributed by atoms with van der Waals surface area (Å²) < 4.78 is 0. The van der Waals surface area contributed by atoms with Crippen molar-refractivity contribution in [1.29, 1.82) is 0 Å². The lowest BCUT2D eigenvalue weighted by molar-refractivity contribution is -0.128. The van der Waals surface area contributed by atoms with Gasteiger partial charge in [-0.2, -0.15) is 0 Å². The van der Waals surface area contributed by atoms with Crippen molar-refractivity contribution in [3.8, 4) is 0 Å². The second-order valence-corrected chi connectivity index (χ2v) is 4.82. The van der Waals surface area contributed by atoms with Gasteiger partial charge in [0.2, 0.25) is 5.91 Å². The second-order valence-electron chi connectivity index (χ2n) is 4.82. The second kappa shape index (κ2) is 4.09. The molecule has 0 aliphatic carbocycles. The molecule has 0 aromatic rings. The summed E-state index contributed by atoms with van der Waals surface area (Å²) in [6, 6.07) is 0. The topological polar surface area (TPSA) is 41.1 Å². The molecule has 1 aliphatic rings. The lowest BCUT2D eigenvalue weighted by atomic mass is 9.95. The van der Waals surface area contributed by atoms with Gasteiger partial charge in [-0.1, -0.05) is 20.8 Å². The quantitative estimate of drug-likeness (QED) is 0.680. The first-order valence-electron chi connectivity index (χ1n) is 4.99. The van der Waals surface area contributed by atoms with E-state index in [1.807, 2.05) is 20.8 Å². The smallest absolute Gasteiger partial charge is 0.225 e. The van der Waals surface area contributed by atoms with Crippen molar-refractivity contribution in [2.45, 2.75) is 27.2 Å². The molecule has 0 bridgehead atoms. The van der Waals surface area contributed by atoms with Gasteiger partial charge in [0.1, 0.15) is 0 Å². The summed E-state index contributed by atoms with van der Waals surface area (Å²) in [7, 11) is 0. The van der Waals surface area contributed by atoms with E-state index in [1.165, 1.54) is 0 Å². The molecule has 0 radical (unpaired) electrons. The zero-order valence-electron chi connectivity index (χ0n) is 8.81. The van der Waals surface area contributed by atoms with Gasteiger partial charge in [0.25, 0.3) is 0 Å². The molecule has 0 atom stereocenters. The zero-order chi connectivity index (χ0) is 9.90. The Bertz CT molecular complexity index is 180. The molecule has 2 N–H and O–H groups in total. The third-order valence-corrected chi connectivity index (χ3v) is 2.39. The van der Waals surface area contributed by atoms with Gasteiger partial charge in [-0.05, 0) is 25.4 Å². The number of hydrogen-bond donors (Lipinski definition) is 2. The maximum Gasteiger partial charge on any atom is 0.225 e. The van der Waals surface area contributed by atoms with Crippen LogP contribution in [0.2, 0.25) is 0 Å². The highest BCUT2D eigenvalue weighted by atomic mass is 16.2. The third kappa shape index (κ3) is 3.35. The van der Waals surface area contributed by atoms with E-state index in [4.69, 9.17) is 0 Å². The molecule has 1 heterocycles. The molecule has 0 unspecified atom stereocenters. The van der Waals surface area contributed by atoms with Crippen LogP contribution < -0.4 is 10.6 Å². The van der Waals surface area contributed by atoms with Crippen LogP contribution in [-0.2, 0) is 4.79 Å². The van der Waals surface area contributed by atoms with E-state index in [1.54, 1.807) is 0 Å². The molecule has 1 rings (SSSR count). The molecule has 1 amide bonds. The van der Waals surface area contributed by atoms with Crippen molar-refractivity contribution >= 4 is 5.91 Å². The summed E-state index contributed by atoms with van der Waals surface area (Å²) in [4.78, 5) is 11.4. The van der Waals surface area contributed by atoms with E-state index >= 15 is 0 Å². The zero-order valence-corrected chi connectivity index (χ0v) is 8.81. The number of hydrogen-bond acceptors (Lipinski definition) is 2. The van der Waals surface area contributed by atoms with E-state index in [-0.39, 0.29) is 11.3 Å². The fourth-order valence-electron chi connectivity index (χ4n) is 1.21. The Hall–Kier alpha value is -0.570. The molecule has 0 aromatic heterocycles. The average molecular weight is 184 g/mol. The maximum absolute atomic E-state index is 11.4. The predicted molar refractivity (Wildman–Crippen MR) is 53.4 cm³/mol. The van der Waals surface area contributed by atoms with Crippen molar-refractivity contribution in [3.63, 3.8) is 0 Å². The van der Waals surface area contributed by atoms with Gasteiger partial charge in [-0.25, -0.2) is 0 Å². The van der Waals surface area contributed by atoms with Crippen LogP contribution in [0.3, 0.4) is 0 Å². The van der Waals surface area contributed by atoms with E-state index in [2.05, 4.69) is 10.6 Å². The molecule has 0 spiro atoms. The Morgan fingerprint density at radius 2 is 2.08 bits per heavy atom. The molecule has 3 nitrogen and oxygen atoms in total. The van der Waals surface area contributed by atoms with Crippen LogP contribution in [0.25, 0.3) is 0 Å². The Morgan fingerprint density at radius 1 is 1.46 bits per heavy atom. The highest BCUT2D eigenvalue weighted by Gasteiger charge is 2.21. The summed E-state index contributed by atoms with van der Waals surface area (Å²) in [5.74, 6) is 0.931. The van der Waals surface area contributed by atoms with Crippen LogP contribution in [-0.4, -0.2) is 25.5 Å². The minimum absolute atomic E-state index is 0.153. The molecule has 0 aromatic carbocycles. The summed E-state index contributed by atoms with van der Waals surface area (Å²) in [6.45, 7) is 8.87. The van der Waals surface area contributed by atoms with Gasteiger partial charge >= 0.3 is 0 Å². The predicted octanol–water partition coefficient (Wildman–Crippen LogP) is 0.758. The molecule has 0 saturated carbocycles. The Kier molecular flexibility index (Phi) is 3.31. The number of carbonyl (C=O) groups excluding carboxylic acids is 1.